The number of carbonyl (C=O) groups is 2. The summed E-state index contributed by atoms with van der Waals surface area (Å²) < 4.78 is 5.84. The summed E-state index contributed by atoms with van der Waals surface area (Å²) in [4.78, 5) is 27.1. The topological polar surface area (TPSA) is 88.3 Å². The highest BCUT2D eigenvalue weighted by atomic mass is 16.4. The highest BCUT2D eigenvalue weighted by Crippen LogP contribution is 2.25. The van der Waals surface area contributed by atoms with E-state index < -0.39 is 0 Å². The Morgan fingerprint density at radius 2 is 1.84 bits per heavy atom. The molecule has 7 heteroatoms. The SMILES string of the molecule is CCCNC(=O)C1CCCN(C(=O)c2ccc(-c3nnc(-c4cccc(C)c4)o3)cc2)C1. The molecule has 1 unspecified atom stereocenters. The maximum absolute atomic E-state index is 13.0. The maximum Gasteiger partial charge on any atom is 0.253 e. The average Bonchev–Trinajstić information content (AvgIpc) is 3.33. The van der Waals surface area contributed by atoms with Gasteiger partial charge in [0.25, 0.3) is 5.91 Å². The maximum atomic E-state index is 13.0. The highest BCUT2D eigenvalue weighted by Gasteiger charge is 2.28. The van der Waals surface area contributed by atoms with E-state index in [1.807, 2.05) is 50.2 Å². The van der Waals surface area contributed by atoms with Gasteiger partial charge in [0, 0.05) is 36.3 Å². The van der Waals surface area contributed by atoms with Crippen molar-refractivity contribution in [3.05, 3.63) is 59.7 Å². The molecule has 1 atom stereocenters. The number of rotatable bonds is 6. The minimum Gasteiger partial charge on any atom is -0.416 e. The van der Waals surface area contributed by atoms with Crippen molar-refractivity contribution in [3.8, 4) is 22.9 Å². The van der Waals surface area contributed by atoms with Gasteiger partial charge in [0.05, 0.1) is 5.92 Å². The van der Waals surface area contributed by atoms with Crippen molar-refractivity contribution >= 4 is 11.8 Å². The fraction of sp³-hybridized carbons (Fsp3) is 0.360. The molecule has 0 radical (unpaired) electrons. The first-order chi connectivity index (χ1) is 15.5. The van der Waals surface area contributed by atoms with E-state index >= 15 is 0 Å². The molecule has 1 aliphatic rings. The van der Waals surface area contributed by atoms with Crippen LogP contribution in [0.15, 0.2) is 52.9 Å². The van der Waals surface area contributed by atoms with Gasteiger partial charge in [-0.2, -0.15) is 0 Å². The Morgan fingerprint density at radius 3 is 2.56 bits per heavy atom. The van der Waals surface area contributed by atoms with E-state index in [2.05, 4.69) is 15.5 Å². The molecule has 0 spiro atoms. The first-order valence-corrected chi connectivity index (χ1v) is 11.1. The molecule has 32 heavy (non-hydrogen) atoms. The molecule has 2 heterocycles. The van der Waals surface area contributed by atoms with Crippen molar-refractivity contribution in [2.75, 3.05) is 19.6 Å². The number of piperidine rings is 1. The van der Waals surface area contributed by atoms with E-state index in [1.54, 1.807) is 17.0 Å². The van der Waals surface area contributed by atoms with E-state index in [0.717, 1.165) is 36.0 Å². The molecule has 0 saturated carbocycles. The predicted octanol–water partition coefficient (Wildman–Crippen LogP) is 4.09. The summed E-state index contributed by atoms with van der Waals surface area (Å²) in [5.41, 5.74) is 3.33. The second-order valence-electron chi connectivity index (χ2n) is 8.24. The Labute approximate surface area is 187 Å². The van der Waals surface area contributed by atoms with Crippen LogP contribution in [0.25, 0.3) is 22.9 Å². The third-order valence-electron chi connectivity index (χ3n) is 5.70. The molecule has 1 aliphatic heterocycles. The molecule has 1 fully saturated rings. The van der Waals surface area contributed by atoms with Crippen LogP contribution < -0.4 is 5.32 Å². The summed E-state index contributed by atoms with van der Waals surface area (Å²) >= 11 is 0. The number of amides is 2. The molecule has 3 aromatic rings. The van der Waals surface area contributed by atoms with Crippen LogP contribution in [-0.2, 0) is 4.79 Å². The zero-order valence-corrected chi connectivity index (χ0v) is 18.5. The number of hydrogen-bond acceptors (Lipinski definition) is 5. The molecule has 7 nitrogen and oxygen atoms in total. The van der Waals surface area contributed by atoms with Crippen molar-refractivity contribution < 1.29 is 14.0 Å². The van der Waals surface area contributed by atoms with Crippen molar-refractivity contribution in [2.45, 2.75) is 33.1 Å². The number of likely N-dealkylation sites (tertiary alicyclic amines) is 1. The van der Waals surface area contributed by atoms with Crippen molar-refractivity contribution in [1.82, 2.24) is 20.4 Å². The standard InChI is InChI=1S/C25H28N4O3/c1-3-13-26-22(30)21-8-5-14-29(16-21)25(31)19-11-9-18(10-12-19)23-27-28-24(32-23)20-7-4-6-17(2)15-20/h4,6-7,9-12,15,21H,3,5,8,13-14,16H2,1-2H3,(H,26,30). The number of benzene rings is 2. The van der Waals surface area contributed by atoms with Crippen molar-refractivity contribution in [3.63, 3.8) is 0 Å². The van der Waals surface area contributed by atoms with Crippen LogP contribution in [-0.4, -0.2) is 46.5 Å². The minimum absolute atomic E-state index is 0.0421. The van der Waals surface area contributed by atoms with Gasteiger partial charge in [-0.3, -0.25) is 9.59 Å². The van der Waals surface area contributed by atoms with Crippen LogP contribution >= 0.6 is 0 Å². The summed E-state index contributed by atoms with van der Waals surface area (Å²) in [5.74, 6) is 0.712. The Balaban J connectivity index is 1.43. The highest BCUT2D eigenvalue weighted by molar-refractivity contribution is 5.95. The van der Waals surface area contributed by atoms with Crippen LogP contribution in [0.2, 0.25) is 0 Å². The molecule has 1 aromatic heterocycles. The zero-order valence-electron chi connectivity index (χ0n) is 18.5. The summed E-state index contributed by atoms with van der Waals surface area (Å²) in [6.07, 6.45) is 2.55. The lowest BCUT2D eigenvalue weighted by atomic mass is 9.96. The fourth-order valence-electron chi connectivity index (χ4n) is 3.94. The Kier molecular flexibility index (Phi) is 6.63. The molecule has 2 aromatic carbocycles. The van der Waals surface area contributed by atoms with Crippen LogP contribution in [0, 0.1) is 12.8 Å². The average molecular weight is 433 g/mol. The quantitative estimate of drug-likeness (QED) is 0.634. The summed E-state index contributed by atoms with van der Waals surface area (Å²) in [7, 11) is 0. The Hall–Kier alpha value is -3.48. The van der Waals surface area contributed by atoms with Gasteiger partial charge in [-0.15, -0.1) is 10.2 Å². The Morgan fingerprint density at radius 1 is 1.09 bits per heavy atom. The largest absolute Gasteiger partial charge is 0.416 e. The van der Waals surface area contributed by atoms with Gasteiger partial charge in [-0.1, -0.05) is 24.6 Å². The number of carbonyl (C=O) groups excluding carboxylic acids is 2. The van der Waals surface area contributed by atoms with E-state index in [4.69, 9.17) is 4.42 Å². The van der Waals surface area contributed by atoms with E-state index in [-0.39, 0.29) is 17.7 Å². The van der Waals surface area contributed by atoms with Crippen LogP contribution in [0.5, 0.6) is 0 Å². The lowest BCUT2D eigenvalue weighted by molar-refractivity contribution is -0.126. The van der Waals surface area contributed by atoms with Crippen LogP contribution in [0.4, 0.5) is 0 Å². The molecule has 1 saturated heterocycles. The van der Waals surface area contributed by atoms with Gasteiger partial charge in [0.1, 0.15) is 0 Å². The normalized spacial score (nSPS) is 16.1. The number of hydrogen-bond donors (Lipinski definition) is 1. The Bertz CT molecular complexity index is 1090. The monoisotopic (exact) mass is 432 g/mol. The molecular weight excluding hydrogens is 404 g/mol. The first-order valence-electron chi connectivity index (χ1n) is 11.1. The molecule has 1 N–H and O–H groups in total. The van der Waals surface area contributed by atoms with Gasteiger partial charge in [0.15, 0.2) is 0 Å². The molecule has 2 amide bonds. The third kappa shape index (κ3) is 4.88. The number of aromatic nitrogens is 2. The summed E-state index contributed by atoms with van der Waals surface area (Å²) in [6, 6.07) is 15.1. The minimum atomic E-state index is -0.142. The van der Waals surface area contributed by atoms with Gasteiger partial charge in [0.2, 0.25) is 17.7 Å². The van der Waals surface area contributed by atoms with Gasteiger partial charge < -0.3 is 14.6 Å². The van der Waals surface area contributed by atoms with Crippen molar-refractivity contribution in [1.29, 1.82) is 0 Å². The molecular formula is C25H28N4O3. The van der Waals surface area contributed by atoms with Gasteiger partial charge >= 0.3 is 0 Å². The summed E-state index contributed by atoms with van der Waals surface area (Å²) in [5, 5.41) is 11.2. The fourth-order valence-corrected chi connectivity index (χ4v) is 3.94. The van der Waals surface area contributed by atoms with Crippen LogP contribution in [0.1, 0.15) is 42.1 Å². The van der Waals surface area contributed by atoms with E-state index in [1.165, 1.54) is 0 Å². The van der Waals surface area contributed by atoms with Gasteiger partial charge in [-0.25, -0.2) is 0 Å². The second-order valence-corrected chi connectivity index (χ2v) is 8.24. The smallest absolute Gasteiger partial charge is 0.253 e. The first kappa shape index (κ1) is 21.7. The van der Waals surface area contributed by atoms with Crippen molar-refractivity contribution in [2.24, 2.45) is 5.92 Å². The lowest BCUT2D eigenvalue weighted by Crippen LogP contribution is -2.45. The zero-order chi connectivity index (χ0) is 22.5. The third-order valence-corrected chi connectivity index (χ3v) is 5.70. The predicted molar refractivity (Wildman–Crippen MR) is 122 cm³/mol. The van der Waals surface area contributed by atoms with Gasteiger partial charge in [-0.05, 0) is 62.6 Å². The molecule has 0 aliphatic carbocycles. The van der Waals surface area contributed by atoms with E-state index in [9.17, 15) is 9.59 Å². The lowest BCUT2D eigenvalue weighted by Gasteiger charge is -2.32. The number of aryl methyl sites for hydroxylation is 1. The molecule has 4 rings (SSSR count). The number of nitrogens with zero attached hydrogens (tertiary/aromatic N) is 3. The number of nitrogens with one attached hydrogen (secondary N) is 1. The molecule has 166 valence electrons. The summed E-state index contributed by atoms with van der Waals surface area (Å²) in [6.45, 7) is 5.84. The van der Waals surface area contributed by atoms with E-state index in [0.29, 0.717) is 37.0 Å². The van der Waals surface area contributed by atoms with Crippen LogP contribution in [0.3, 0.4) is 0 Å². The second kappa shape index (κ2) is 9.77. The molecule has 0 bridgehead atoms.